The van der Waals surface area contributed by atoms with Crippen LogP contribution in [0, 0.1) is 0 Å². The summed E-state index contributed by atoms with van der Waals surface area (Å²) < 4.78 is 0. The fraction of sp³-hybridized carbons (Fsp3) is 0.609. The molecule has 164 valence electrons. The molecule has 2 N–H and O–H groups in total. The maximum Gasteiger partial charge on any atom is 0.261 e. The van der Waals surface area contributed by atoms with Crippen molar-refractivity contribution in [2.45, 2.75) is 51.5 Å². The first-order chi connectivity index (χ1) is 14.6. The number of imide groups is 1. The summed E-state index contributed by atoms with van der Waals surface area (Å²) in [5.74, 6) is 0.486. The zero-order valence-corrected chi connectivity index (χ0v) is 18.3. The molecule has 1 saturated heterocycles. The Kier molecular flexibility index (Phi) is 8.25. The summed E-state index contributed by atoms with van der Waals surface area (Å²) >= 11 is 0. The van der Waals surface area contributed by atoms with Crippen LogP contribution in [0.25, 0.3) is 0 Å². The second kappa shape index (κ2) is 11.1. The number of aliphatic imine (C=N–C) groups is 1. The van der Waals surface area contributed by atoms with Crippen molar-refractivity contribution in [3.05, 3.63) is 35.4 Å². The molecule has 3 rings (SSSR count). The Morgan fingerprint density at radius 1 is 1.03 bits per heavy atom. The lowest BCUT2D eigenvalue weighted by molar-refractivity contribution is 0.0652. The minimum absolute atomic E-state index is 0.175. The van der Waals surface area contributed by atoms with E-state index in [4.69, 9.17) is 0 Å². The van der Waals surface area contributed by atoms with Crippen LogP contribution in [0.4, 0.5) is 0 Å². The quantitative estimate of drug-likeness (QED) is 0.282. The number of unbranched alkanes of at least 4 members (excludes halogenated alkanes) is 2. The SMILES string of the molecule is CCCCN1CCC(NC(=NC)NCCCCN2C(=O)c3ccccc3C2=O)CC1. The Bertz CT molecular complexity index is 721. The number of nitrogens with zero attached hydrogens (tertiary/aromatic N) is 3. The third-order valence-corrected chi connectivity index (χ3v) is 5.96. The smallest absolute Gasteiger partial charge is 0.261 e. The zero-order chi connectivity index (χ0) is 21.3. The van der Waals surface area contributed by atoms with Gasteiger partial charge >= 0.3 is 0 Å². The molecule has 2 aliphatic rings. The van der Waals surface area contributed by atoms with Gasteiger partial charge in [-0.25, -0.2) is 0 Å². The molecule has 0 unspecified atom stereocenters. The predicted octanol–water partition coefficient (Wildman–Crippen LogP) is 2.49. The molecular weight excluding hydrogens is 378 g/mol. The Morgan fingerprint density at radius 3 is 2.30 bits per heavy atom. The lowest BCUT2D eigenvalue weighted by atomic mass is 10.0. The second-order valence-corrected chi connectivity index (χ2v) is 8.13. The minimum atomic E-state index is -0.175. The van der Waals surface area contributed by atoms with Crippen LogP contribution in [0.5, 0.6) is 0 Å². The highest BCUT2D eigenvalue weighted by molar-refractivity contribution is 6.21. The van der Waals surface area contributed by atoms with E-state index in [1.165, 1.54) is 24.3 Å². The summed E-state index contributed by atoms with van der Waals surface area (Å²) in [7, 11) is 1.80. The van der Waals surface area contributed by atoms with Gasteiger partial charge in [-0.3, -0.25) is 19.5 Å². The van der Waals surface area contributed by atoms with Crippen LogP contribution in [-0.2, 0) is 0 Å². The summed E-state index contributed by atoms with van der Waals surface area (Å²) in [5.41, 5.74) is 1.04. The van der Waals surface area contributed by atoms with E-state index >= 15 is 0 Å². The van der Waals surface area contributed by atoms with Gasteiger partial charge in [0.2, 0.25) is 0 Å². The molecule has 2 aliphatic heterocycles. The van der Waals surface area contributed by atoms with Crippen LogP contribution < -0.4 is 10.6 Å². The van der Waals surface area contributed by atoms with E-state index in [1.807, 2.05) is 0 Å². The highest BCUT2D eigenvalue weighted by Gasteiger charge is 2.34. The van der Waals surface area contributed by atoms with Gasteiger partial charge in [-0.15, -0.1) is 0 Å². The van der Waals surface area contributed by atoms with Crippen molar-refractivity contribution in [3.63, 3.8) is 0 Å². The maximum atomic E-state index is 12.4. The Morgan fingerprint density at radius 2 is 1.70 bits per heavy atom. The van der Waals surface area contributed by atoms with E-state index in [-0.39, 0.29) is 11.8 Å². The summed E-state index contributed by atoms with van der Waals surface area (Å²) in [4.78, 5) is 33.0. The van der Waals surface area contributed by atoms with E-state index < -0.39 is 0 Å². The number of benzene rings is 1. The molecule has 0 bridgehead atoms. The molecule has 7 heteroatoms. The first-order valence-corrected chi connectivity index (χ1v) is 11.3. The number of hydrogen-bond acceptors (Lipinski definition) is 4. The molecule has 1 aromatic rings. The molecule has 2 heterocycles. The molecular formula is C23H35N5O2. The fourth-order valence-corrected chi connectivity index (χ4v) is 4.11. The molecule has 1 fully saturated rings. The average Bonchev–Trinajstić information content (AvgIpc) is 3.02. The van der Waals surface area contributed by atoms with Gasteiger partial charge < -0.3 is 15.5 Å². The molecule has 0 spiro atoms. The molecule has 7 nitrogen and oxygen atoms in total. The summed E-state index contributed by atoms with van der Waals surface area (Å²) in [6.07, 6.45) is 6.45. The number of carbonyl (C=O) groups is 2. The van der Waals surface area contributed by atoms with Crippen LogP contribution in [-0.4, -0.2) is 73.4 Å². The van der Waals surface area contributed by atoms with Gasteiger partial charge in [0.1, 0.15) is 0 Å². The summed E-state index contributed by atoms with van der Waals surface area (Å²) in [5, 5.41) is 6.90. The highest BCUT2D eigenvalue weighted by atomic mass is 16.2. The van der Waals surface area contributed by atoms with Crippen LogP contribution in [0.15, 0.2) is 29.3 Å². The van der Waals surface area contributed by atoms with Gasteiger partial charge in [0.15, 0.2) is 5.96 Å². The average molecular weight is 414 g/mol. The van der Waals surface area contributed by atoms with Crippen molar-refractivity contribution in [1.29, 1.82) is 0 Å². The number of guanidine groups is 1. The van der Waals surface area contributed by atoms with Crippen molar-refractivity contribution < 1.29 is 9.59 Å². The number of carbonyl (C=O) groups excluding carboxylic acids is 2. The number of nitrogens with one attached hydrogen (secondary N) is 2. The number of likely N-dealkylation sites (tertiary alicyclic amines) is 1. The lowest BCUT2D eigenvalue weighted by Gasteiger charge is -2.33. The van der Waals surface area contributed by atoms with Crippen LogP contribution in [0.3, 0.4) is 0 Å². The standard InChI is InChI=1S/C23H35N5O2/c1-3-4-14-27-16-11-18(12-17-27)26-23(24-2)25-13-7-8-15-28-21(29)19-9-5-6-10-20(19)22(28)30/h5-6,9-10,18H,3-4,7-8,11-17H2,1-2H3,(H2,24,25,26). The first kappa shape index (κ1) is 22.3. The van der Waals surface area contributed by atoms with Crippen molar-refractivity contribution >= 4 is 17.8 Å². The van der Waals surface area contributed by atoms with E-state index in [1.54, 1.807) is 31.3 Å². The number of fused-ring (bicyclic) bond motifs is 1. The van der Waals surface area contributed by atoms with E-state index in [0.29, 0.717) is 23.7 Å². The Labute approximate surface area is 179 Å². The number of amides is 2. The zero-order valence-electron chi connectivity index (χ0n) is 18.3. The fourth-order valence-electron chi connectivity index (χ4n) is 4.11. The minimum Gasteiger partial charge on any atom is -0.356 e. The van der Waals surface area contributed by atoms with Gasteiger partial charge in [0.05, 0.1) is 11.1 Å². The summed E-state index contributed by atoms with van der Waals surface area (Å²) in [6.45, 7) is 6.96. The van der Waals surface area contributed by atoms with E-state index in [9.17, 15) is 9.59 Å². The van der Waals surface area contributed by atoms with Crippen molar-refractivity contribution in [2.75, 3.05) is 39.8 Å². The normalized spacial score (nSPS) is 18.1. The topological polar surface area (TPSA) is 77.0 Å². The molecule has 0 atom stereocenters. The van der Waals surface area contributed by atoms with Crippen LogP contribution in [0.1, 0.15) is 66.2 Å². The largest absolute Gasteiger partial charge is 0.356 e. The van der Waals surface area contributed by atoms with E-state index in [2.05, 4.69) is 27.4 Å². The lowest BCUT2D eigenvalue weighted by Crippen LogP contribution is -2.49. The third-order valence-electron chi connectivity index (χ3n) is 5.96. The van der Waals surface area contributed by atoms with Crippen molar-refractivity contribution in [3.8, 4) is 0 Å². The van der Waals surface area contributed by atoms with Gasteiger partial charge in [-0.05, 0) is 50.8 Å². The van der Waals surface area contributed by atoms with Gasteiger partial charge in [0.25, 0.3) is 11.8 Å². The number of hydrogen-bond donors (Lipinski definition) is 2. The summed E-state index contributed by atoms with van der Waals surface area (Å²) in [6, 6.07) is 7.51. The molecule has 0 radical (unpaired) electrons. The molecule has 30 heavy (non-hydrogen) atoms. The maximum absolute atomic E-state index is 12.4. The highest BCUT2D eigenvalue weighted by Crippen LogP contribution is 2.22. The first-order valence-electron chi connectivity index (χ1n) is 11.3. The van der Waals surface area contributed by atoms with Crippen LogP contribution >= 0.6 is 0 Å². The van der Waals surface area contributed by atoms with E-state index in [0.717, 1.165) is 51.3 Å². The Hall–Kier alpha value is -2.41. The van der Waals surface area contributed by atoms with Gasteiger partial charge in [-0.2, -0.15) is 0 Å². The predicted molar refractivity (Wildman–Crippen MR) is 120 cm³/mol. The van der Waals surface area contributed by atoms with Crippen LogP contribution in [0.2, 0.25) is 0 Å². The van der Waals surface area contributed by atoms with Crippen molar-refractivity contribution in [1.82, 2.24) is 20.4 Å². The molecule has 1 aromatic carbocycles. The second-order valence-electron chi connectivity index (χ2n) is 8.13. The molecule has 0 saturated carbocycles. The number of piperidine rings is 1. The van der Waals surface area contributed by atoms with Gasteiger partial charge in [0, 0.05) is 39.3 Å². The van der Waals surface area contributed by atoms with Gasteiger partial charge in [-0.1, -0.05) is 25.5 Å². The molecule has 2 amide bonds. The number of rotatable bonds is 9. The molecule has 0 aromatic heterocycles. The molecule has 0 aliphatic carbocycles. The monoisotopic (exact) mass is 413 g/mol. The van der Waals surface area contributed by atoms with Crippen molar-refractivity contribution in [2.24, 2.45) is 4.99 Å². The third kappa shape index (κ3) is 5.59. The Balaban J connectivity index is 1.32.